The molecule has 1 fully saturated rings. The van der Waals surface area contributed by atoms with E-state index >= 15 is 0 Å². The van der Waals surface area contributed by atoms with E-state index in [1.54, 1.807) is 0 Å². The molecule has 1 heterocycles. The Morgan fingerprint density at radius 3 is 1.26 bits per heavy atom. The summed E-state index contributed by atoms with van der Waals surface area (Å²) in [5.41, 5.74) is 16.8. The SMILES string of the molecule is CC(C)CCN=C(N)c1ccc(N2CCN(c3ccc(C(N)=NCCC(C)C)cc3)CC2)cc1.Cl. The van der Waals surface area contributed by atoms with Crippen LogP contribution in [0.15, 0.2) is 58.5 Å². The van der Waals surface area contributed by atoms with Gasteiger partial charge in [-0.15, -0.1) is 12.4 Å². The molecular weight excluding hydrogens is 456 g/mol. The van der Waals surface area contributed by atoms with Crippen LogP contribution in [0.2, 0.25) is 0 Å². The van der Waals surface area contributed by atoms with Crippen LogP contribution in [0.5, 0.6) is 0 Å². The van der Waals surface area contributed by atoms with E-state index in [4.69, 9.17) is 11.5 Å². The van der Waals surface area contributed by atoms with Crippen LogP contribution in [-0.4, -0.2) is 50.9 Å². The van der Waals surface area contributed by atoms with Crippen LogP contribution >= 0.6 is 12.4 Å². The summed E-state index contributed by atoms with van der Waals surface area (Å²) in [5.74, 6) is 2.54. The van der Waals surface area contributed by atoms with Crippen LogP contribution in [0, 0.1) is 11.8 Å². The zero-order chi connectivity index (χ0) is 24.5. The van der Waals surface area contributed by atoms with Crippen molar-refractivity contribution in [3.8, 4) is 0 Å². The lowest BCUT2D eigenvalue weighted by atomic mass is 10.1. The largest absolute Gasteiger partial charge is 0.384 e. The number of benzene rings is 2. The van der Waals surface area contributed by atoms with Gasteiger partial charge in [0.2, 0.25) is 0 Å². The lowest BCUT2D eigenvalue weighted by Gasteiger charge is -2.37. The molecule has 192 valence electrons. The van der Waals surface area contributed by atoms with Crippen LogP contribution in [-0.2, 0) is 0 Å². The average Bonchev–Trinajstić information content (AvgIpc) is 2.84. The minimum absolute atomic E-state index is 0. The third-order valence-corrected chi connectivity index (χ3v) is 6.31. The number of rotatable bonds is 10. The van der Waals surface area contributed by atoms with Gasteiger partial charge in [-0.05, 0) is 73.2 Å². The molecule has 0 spiro atoms. The molecule has 35 heavy (non-hydrogen) atoms. The number of piperazine rings is 1. The molecule has 2 aromatic rings. The summed E-state index contributed by atoms with van der Waals surface area (Å²) in [7, 11) is 0. The topological polar surface area (TPSA) is 83.2 Å². The van der Waals surface area contributed by atoms with Crippen molar-refractivity contribution in [2.75, 3.05) is 49.1 Å². The molecule has 1 aliphatic rings. The molecule has 2 aromatic carbocycles. The summed E-state index contributed by atoms with van der Waals surface area (Å²) >= 11 is 0. The van der Waals surface area contributed by atoms with Crippen molar-refractivity contribution in [2.45, 2.75) is 40.5 Å². The quantitative estimate of drug-likeness (QED) is 0.359. The summed E-state index contributed by atoms with van der Waals surface area (Å²) < 4.78 is 0. The summed E-state index contributed by atoms with van der Waals surface area (Å²) in [4.78, 5) is 13.9. The number of aliphatic imine (C=N–C) groups is 2. The third kappa shape index (κ3) is 8.77. The third-order valence-electron chi connectivity index (χ3n) is 6.31. The minimum Gasteiger partial charge on any atom is -0.384 e. The van der Waals surface area contributed by atoms with Crippen molar-refractivity contribution < 1.29 is 0 Å². The predicted octanol–water partition coefficient (Wildman–Crippen LogP) is 4.94. The number of anilines is 2. The number of hydrogen-bond acceptors (Lipinski definition) is 4. The Balaban J connectivity index is 0.00000432. The molecule has 0 unspecified atom stereocenters. The number of hydrogen-bond donors (Lipinski definition) is 2. The normalized spacial score (nSPS) is 15.0. The smallest absolute Gasteiger partial charge is 0.125 e. The van der Waals surface area contributed by atoms with Crippen molar-refractivity contribution in [1.29, 1.82) is 0 Å². The second kappa shape index (κ2) is 14.0. The van der Waals surface area contributed by atoms with Crippen molar-refractivity contribution in [1.82, 2.24) is 0 Å². The van der Waals surface area contributed by atoms with Crippen molar-refractivity contribution in [3.05, 3.63) is 59.7 Å². The Hall–Kier alpha value is -2.73. The van der Waals surface area contributed by atoms with Gasteiger partial charge in [0, 0.05) is 61.8 Å². The summed E-state index contributed by atoms with van der Waals surface area (Å²) in [6, 6.07) is 17.0. The Kier molecular flexibility index (Phi) is 11.4. The maximum absolute atomic E-state index is 6.17. The molecule has 0 aromatic heterocycles. The summed E-state index contributed by atoms with van der Waals surface area (Å²) in [6.07, 6.45) is 2.12. The van der Waals surface area contributed by atoms with Gasteiger partial charge in [-0.1, -0.05) is 27.7 Å². The van der Waals surface area contributed by atoms with E-state index in [2.05, 4.69) is 96.0 Å². The van der Waals surface area contributed by atoms with E-state index < -0.39 is 0 Å². The van der Waals surface area contributed by atoms with Crippen molar-refractivity contribution >= 4 is 35.5 Å². The minimum atomic E-state index is 0. The maximum atomic E-state index is 6.17. The molecule has 0 amide bonds. The van der Waals surface area contributed by atoms with Gasteiger partial charge in [-0.2, -0.15) is 0 Å². The maximum Gasteiger partial charge on any atom is 0.125 e. The van der Waals surface area contributed by atoms with Crippen LogP contribution in [0.4, 0.5) is 11.4 Å². The first-order valence-corrected chi connectivity index (χ1v) is 12.6. The molecule has 7 heteroatoms. The second-order valence-corrected chi connectivity index (χ2v) is 9.97. The zero-order valence-corrected chi connectivity index (χ0v) is 22.6. The van der Waals surface area contributed by atoms with Gasteiger partial charge in [-0.3, -0.25) is 9.98 Å². The predicted molar refractivity (Wildman–Crippen MR) is 155 cm³/mol. The van der Waals surface area contributed by atoms with E-state index in [-0.39, 0.29) is 12.4 Å². The fraction of sp³-hybridized carbons (Fsp3) is 0.500. The van der Waals surface area contributed by atoms with E-state index in [1.165, 1.54) is 11.4 Å². The first kappa shape index (κ1) is 28.5. The highest BCUT2D eigenvalue weighted by atomic mass is 35.5. The molecule has 0 bridgehead atoms. The molecule has 3 rings (SSSR count). The lowest BCUT2D eigenvalue weighted by Crippen LogP contribution is -2.46. The first-order valence-electron chi connectivity index (χ1n) is 12.6. The molecule has 0 aliphatic carbocycles. The number of halogens is 1. The Labute approximate surface area is 217 Å². The van der Waals surface area contributed by atoms with Gasteiger partial charge in [0.15, 0.2) is 0 Å². The molecule has 0 saturated carbocycles. The van der Waals surface area contributed by atoms with Gasteiger partial charge < -0.3 is 21.3 Å². The second-order valence-electron chi connectivity index (χ2n) is 9.97. The first-order chi connectivity index (χ1) is 16.3. The van der Waals surface area contributed by atoms with Crippen molar-refractivity contribution in [3.63, 3.8) is 0 Å². The molecule has 6 nitrogen and oxygen atoms in total. The monoisotopic (exact) mass is 498 g/mol. The highest BCUT2D eigenvalue weighted by molar-refractivity contribution is 5.98. The van der Waals surface area contributed by atoms with Gasteiger partial charge in [0.1, 0.15) is 11.7 Å². The van der Waals surface area contributed by atoms with Crippen molar-refractivity contribution in [2.24, 2.45) is 33.3 Å². The van der Waals surface area contributed by atoms with Crippen LogP contribution in [0.25, 0.3) is 0 Å². The Bertz CT molecular complexity index is 863. The molecular formula is C28H43ClN6. The Morgan fingerprint density at radius 2 is 0.971 bits per heavy atom. The number of amidine groups is 2. The van der Waals surface area contributed by atoms with Crippen LogP contribution in [0.3, 0.4) is 0 Å². The van der Waals surface area contributed by atoms with E-state index in [1.807, 2.05) is 0 Å². The lowest BCUT2D eigenvalue weighted by molar-refractivity contribution is 0.597. The number of nitrogens with two attached hydrogens (primary N) is 2. The van der Waals surface area contributed by atoms with Crippen LogP contribution in [0.1, 0.15) is 51.7 Å². The molecule has 1 aliphatic heterocycles. The van der Waals surface area contributed by atoms with Gasteiger partial charge in [-0.25, -0.2) is 0 Å². The fourth-order valence-corrected chi connectivity index (χ4v) is 3.98. The summed E-state index contributed by atoms with van der Waals surface area (Å²) in [5, 5.41) is 0. The van der Waals surface area contributed by atoms with E-state index in [0.717, 1.165) is 63.2 Å². The molecule has 1 saturated heterocycles. The van der Waals surface area contributed by atoms with Gasteiger partial charge >= 0.3 is 0 Å². The average molecular weight is 499 g/mol. The van der Waals surface area contributed by atoms with E-state index in [0.29, 0.717) is 23.5 Å². The molecule has 4 N–H and O–H groups in total. The highest BCUT2D eigenvalue weighted by Crippen LogP contribution is 2.22. The highest BCUT2D eigenvalue weighted by Gasteiger charge is 2.18. The van der Waals surface area contributed by atoms with Gasteiger partial charge in [0.25, 0.3) is 0 Å². The number of nitrogens with zero attached hydrogens (tertiary/aromatic N) is 4. The molecule has 0 radical (unpaired) electrons. The fourth-order valence-electron chi connectivity index (χ4n) is 3.98. The van der Waals surface area contributed by atoms with E-state index in [9.17, 15) is 0 Å². The molecule has 0 atom stereocenters. The summed E-state index contributed by atoms with van der Waals surface area (Å²) in [6.45, 7) is 14.3. The Morgan fingerprint density at radius 1 is 0.657 bits per heavy atom. The van der Waals surface area contributed by atoms with Gasteiger partial charge in [0.05, 0.1) is 0 Å². The van der Waals surface area contributed by atoms with Crippen LogP contribution < -0.4 is 21.3 Å². The standard InChI is InChI=1S/C28H42N6.ClH/c1-21(2)13-15-31-27(29)23-5-9-25(10-6-23)33-17-19-34(20-18-33)26-11-7-24(8-12-26)28(30)32-16-14-22(3)4;/h5-12,21-22H,13-20H2,1-4H3,(H2,29,31)(H2,30,32);1H. The zero-order valence-electron chi connectivity index (χ0n) is 21.8.